The van der Waals surface area contributed by atoms with E-state index in [1.807, 2.05) is 45.9 Å². The third-order valence-corrected chi connectivity index (χ3v) is 6.86. The largest absolute Gasteiger partial charge is 0.443 e. The van der Waals surface area contributed by atoms with Gasteiger partial charge in [-0.1, -0.05) is 31.0 Å². The molecule has 0 unspecified atom stereocenters. The smallest absolute Gasteiger partial charge is 0.414 e. The molecule has 4 aromatic rings. The van der Waals surface area contributed by atoms with Crippen molar-refractivity contribution in [3.05, 3.63) is 71.3 Å². The van der Waals surface area contributed by atoms with Gasteiger partial charge in [-0.15, -0.1) is 4.57 Å². The Kier molecular flexibility index (Phi) is 8.32. The van der Waals surface area contributed by atoms with Crippen LogP contribution in [0.25, 0.3) is 27.8 Å². The zero-order valence-electron chi connectivity index (χ0n) is 23.7. The first-order chi connectivity index (χ1) is 18.1. The highest BCUT2D eigenvalue weighted by Gasteiger charge is 2.27. The van der Waals surface area contributed by atoms with Crippen molar-refractivity contribution < 1.29 is 14.1 Å². The molecule has 200 valence electrons. The molecule has 4 rings (SSSR count). The van der Waals surface area contributed by atoms with E-state index in [-0.39, 0.29) is 6.09 Å². The van der Waals surface area contributed by atoms with Crippen LogP contribution in [0.15, 0.2) is 54.6 Å². The number of amides is 1. The van der Waals surface area contributed by atoms with Crippen LogP contribution in [0.4, 0.5) is 10.5 Å². The first kappa shape index (κ1) is 27.5. The maximum Gasteiger partial charge on any atom is 0.414 e. The molecule has 0 aliphatic carbocycles. The zero-order valence-corrected chi connectivity index (χ0v) is 23.7. The van der Waals surface area contributed by atoms with Crippen molar-refractivity contribution in [3.63, 3.8) is 0 Å². The minimum absolute atomic E-state index is 0.328. The van der Waals surface area contributed by atoms with Crippen LogP contribution in [-0.2, 0) is 4.74 Å². The van der Waals surface area contributed by atoms with Gasteiger partial charge >= 0.3 is 6.09 Å². The van der Waals surface area contributed by atoms with Gasteiger partial charge in [-0.3, -0.25) is 4.90 Å². The summed E-state index contributed by atoms with van der Waals surface area (Å²) in [5.41, 5.74) is 14.2. The van der Waals surface area contributed by atoms with E-state index in [9.17, 15) is 4.79 Å². The van der Waals surface area contributed by atoms with Crippen LogP contribution in [0.5, 0.6) is 0 Å². The van der Waals surface area contributed by atoms with Crippen LogP contribution in [0, 0.1) is 20.8 Å². The number of benzene rings is 3. The van der Waals surface area contributed by atoms with E-state index < -0.39 is 5.60 Å². The molecular formula is C32H41N4O2+. The minimum atomic E-state index is -0.587. The van der Waals surface area contributed by atoms with E-state index in [2.05, 4.69) is 54.8 Å². The van der Waals surface area contributed by atoms with E-state index in [0.29, 0.717) is 13.1 Å². The Labute approximate surface area is 226 Å². The van der Waals surface area contributed by atoms with Crippen molar-refractivity contribution in [2.45, 2.75) is 72.8 Å². The summed E-state index contributed by atoms with van der Waals surface area (Å²) in [5.74, 6) is 0. The van der Waals surface area contributed by atoms with Crippen LogP contribution < -0.4 is 15.2 Å². The van der Waals surface area contributed by atoms with Crippen molar-refractivity contribution >= 4 is 33.8 Å². The molecule has 0 aliphatic rings. The van der Waals surface area contributed by atoms with Crippen molar-refractivity contribution in [1.82, 2.24) is 4.98 Å². The lowest BCUT2D eigenvalue weighted by Crippen LogP contribution is -2.38. The predicted octanol–water partition coefficient (Wildman–Crippen LogP) is 6.85. The zero-order chi connectivity index (χ0) is 27.4. The van der Waals surface area contributed by atoms with Gasteiger partial charge in [-0.05, 0) is 89.8 Å². The number of para-hydroxylation sites is 1. The number of hydrogen-bond donors (Lipinski definition) is 1. The van der Waals surface area contributed by atoms with Crippen molar-refractivity contribution in [1.29, 1.82) is 0 Å². The topological polar surface area (TPSA) is 72.3 Å². The van der Waals surface area contributed by atoms with E-state index in [1.54, 1.807) is 4.90 Å². The summed E-state index contributed by atoms with van der Waals surface area (Å²) in [6.45, 7) is 13.3. The second-order valence-electron chi connectivity index (χ2n) is 11.2. The molecule has 0 bridgehead atoms. The molecule has 0 saturated heterocycles. The second-order valence-corrected chi connectivity index (χ2v) is 11.2. The number of nitrogens with zero attached hydrogens (tertiary/aromatic N) is 3. The number of ether oxygens (including phenoxy) is 1. The minimum Gasteiger partial charge on any atom is -0.443 e. The number of fused-ring (bicyclic) bond motifs is 2. The normalized spacial score (nSPS) is 11.8. The Morgan fingerprint density at radius 2 is 1.47 bits per heavy atom. The molecule has 1 heterocycles. The number of carbonyl (C=O) groups excluding carboxylic acids is 1. The van der Waals surface area contributed by atoms with E-state index in [0.717, 1.165) is 64.7 Å². The van der Waals surface area contributed by atoms with Crippen LogP contribution in [0.2, 0.25) is 0 Å². The van der Waals surface area contributed by atoms with Gasteiger partial charge in [-0.2, -0.15) is 0 Å². The summed E-state index contributed by atoms with van der Waals surface area (Å²) in [6.07, 6.45) is 3.61. The van der Waals surface area contributed by atoms with Gasteiger partial charge in [0.05, 0.1) is 5.69 Å². The summed E-state index contributed by atoms with van der Waals surface area (Å²) < 4.78 is 8.11. The molecule has 2 N–H and O–H groups in total. The Hall–Kier alpha value is -3.51. The number of aromatic nitrogens is 2. The molecule has 0 radical (unpaired) electrons. The van der Waals surface area contributed by atoms with Gasteiger partial charge < -0.3 is 10.5 Å². The number of hydrogen-bond acceptors (Lipinski definition) is 4. The number of rotatable bonds is 8. The summed E-state index contributed by atoms with van der Waals surface area (Å²) in [5, 5.41) is 0. The highest BCUT2D eigenvalue weighted by Crippen LogP contribution is 2.29. The lowest BCUT2D eigenvalue weighted by molar-refractivity contribution is -0.538. The van der Waals surface area contributed by atoms with E-state index in [4.69, 9.17) is 15.5 Å². The lowest BCUT2D eigenvalue weighted by atomic mass is 10.1. The quantitative estimate of drug-likeness (QED) is 0.159. The summed E-state index contributed by atoms with van der Waals surface area (Å²) >= 11 is 0. The van der Waals surface area contributed by atoms with Gasteiger partial charge in [0.1, 0.15) is 16.6 Å². The van der Waals surface area contributed by atoms with E-state index >= 15 is 0 Å². The monoisotopic (exact) mass is 513 g/mol. The number of carbonyl (C=O) groups is 1. The molecule has 0 aliphatic heterocycles. The van der Waals surface area contributed by atoms with Crippen molar-refractivity contribution in [2.24, 2.45) is 5.73 Å². The molecule has 0 spiro atoms. The molecule has 6 nitrogen and oxygen atoms in total. The lowest BCUT2D eigenvalue weighted by Gasteiger charge is -2.28. The van der Waals surface area contributed by atoms with Gasteiger partial charge in [0.15, 0.2) is 0 Å². The average Bonchev–Trinajstić information content (AvgIpc) is 2.85. The van der Waals surface area contributed by atoms with E-state index in [1.165, 1.54) is 11.1 Å². The van der Waals surface area contributed by atoms with Gasteiger partial charge in [-0.25, -0.2) is 9.78 Å². The Morgan fingerprint density at radius 3 is 2.13 bits per heavy atom. The first-order valence-electron chi connectivity index (χ1n) is 13.6. The fraction of sp³-hybridized carbons (Fsp3) is 0.406. The van der Waals surface area contributed by atoms with Crippen molar-refractivity contribution in [3.8, 4) is 5.69 Å². The van der Waals surface area contributed by atoms with Crippen LogP contribution in [0.1, 0.15) is 63.1 Å². The number of aryl methyl sites for hydroxylation is 3. The fourth-order valence-electron chi connectivity index (χ4n) is 4.79. The molecule has 1 aromatic heterocycles. The Bertz CT molecular complexity index is 1440. The third kappa shape index (κ3) is 6.13. The highest BCUT2D eigenvalue weighted by molar-refractivity contribution is 5.93. The molecule has 0 fully saturated rings. The first-order valence-corrected chi connectivity index (χ1v) is 13.6. The maximum absolute atomic E-state index is 13.5. The Morgan fingerprint density at radius 1 is 0.868 bits per heavy atom. The van der Waals surface area contributed by atoms with Crippen LogP contribution in [0.3, 0.4) is 0 Å². The molecule has 0 saturated carbocycles. The van der Waals surface area contributed by atoms with Gasteiger partial charge in [0.2, 0.25) is 16.7 Å². The standard InChI is InChI=1S/C32H41N4O2/c1-22-18-26-29(20-23(22)2)36(25-14-10-9-11-15-25)30-21-28(24(3)19-27(30)34-26)35(17-13-8-7-12-16-33)31(37)38-32(4,5)6/h9-11,14-15,18-21H,7-8,12-13,16-17,33H2,1-6H3/q+1. The van der Waals surface area contributed by atoms with Crippen LogP contribution >= 0.6 is 0 Å². The van der Waals surface area contributed by atoms with Crippen molar-refractivity contribution in [2.75, 3.05) is 18.0 Å². The summed E-state index contributed by atoms with van der Waals surface area (Å²) in [7, 11) is 0. The average molecular weight is 514 g/mol. The predicted molar refractivity (Wildman–Crippen MR) is 156 cm³/mol. The van der Waals surface area contributed by atoms with Gasteiger partial charge in [0, 0.05) is 30.8 Å². The molecule has 1 amide bonds. The SMILES string of the molecule is Cc1cc2nc3cc(C)c(N(CCCCCCN)C(=O)OC(C)(C)C)cc3[n+](-c3ccccc3)c2cc1C. The second kappa shape index (κ2) is 11.5. The maximum atomic E-state index is 13.5. The Balaban J connectivity index is 1.91. The third-order valence-electron chi connectivity index (χ3n) is 6.86. The fourth-order valence-corrected chi connectivity index (χ4v) is 4.79. The number of unbranched alkanes of at least 4 members (excludes halogenated alkanes) is 3. The number of nitrogens with two attached hydrogens (primary N) is 1. The molecule has 6 heteroatoms. The highest BCUT2D eigenvalue weighted by atomic mass is 16.6. The number of anilines is 1. The molecule has 3 aromatic carbocycles. The summed E-state index contributed by atoms with van der Waals surface area (Å²) in [4.78, 5) is 20.3. The van der Waals surface area contributed by atoms with Gasteiger partial charge in [0.25, 0.3) is 0 Å². The molecule has 0 atom stereocenters. The summed E-state index contributed by atoms with van der Waals surface area (Å²) in [6, 6.07) is 18.9. The molecular weight excluding hydrogens is 472 g/mol. The van der Waals surface area contributed by atoms with Crippen LogP contribution in [-0.4, -0.2) is 29.8 Å². The molecule has 38 heavy (non-hydrogen) atoms.